The fourth-order valence-corrected chi connectivity index (χ4v) is 1.79. The molecule has 0 aromatic rings. The van der Waals surface area contributed by atoms with E-state index >= 15 is 0 Å². The van der Waals surface area contributed by atoms with Crippen LogP contribution in [0.3, 0.4) is 0 Å². The van der Waals surface area contributed by atoms with Crippen LogP contribution in [0.15, 0.2) is 0 Å². The summed E-state index contributed by atoms with van der Waals surface area (Å²) < 4.78 is 10.4. The second-order valence-corrected chi connectivity index (χ2v) is 3.50. The second kappa shape index (κ2) is 3.54. The van der Waals surface area contributed by atoms with Gasteiger partial charge in [0.25, 0.3) is 0 Å². The van der Waals surface area contributed by atoms with Crippen molar-refractivity contribution in [2.24, 2.45) is 5.92 Å². The fourth-order valence-electron chi connectivity index (χ4n) is 1.79. The molecule has 0 radical (unpaired) electrons. The molecule has 0 aliphatic heterocycles. The summed E-state index contributed by atoms with van der Waals surface area (Å²) in [5.41, 5.74) is 0. The normalized spacial score (nSPS) is 21.9. The Bertz CT molecular complexity index is 165. The van der Waals surface area contributed by atoms with Crippen molar-refractivity contribution < 1.29 is 14.3 Å². The molecule has 0 atom stereocenters. The minimum absolute atomic E-state index is 0.251. The molecule has 3 nitrogen and oxygen atoms in total. The van der Waals surface area contributed by atoms with Gasteiger partial charge >= 0.3 is 0 Å². The summed E-state index contributed by atoms with van der Waals surface area (Å²) in [6.07, 6.45) is 2.35. The SMILES string of the molecule is COC1(OC)CC(CC(C)=O)C1. The quantitative estimate of drug-likeness (QED) is 0.601. The number of hydrogen-bond acceptors (Lipinski definition) is 3. The Kier molecular flexibility index (Phi) is 2.85. The monoisotopic (exact) mass is 172 g/mol. The molecular weight excluding hydrogens is 156 g/mol. The number of methoxy groups -OCH3 is 2. The standard InChI is InChI=1S/C9H16O3/c1-7(10)4-8-5-9(6-8,11-2)12-3/h8H,4-6H2,1-3H3. The third-order valence-corrected chi connectivity index (χ3v) is 2.52. The number of hydrogen-bond donors (Lipinski definition) is 0. The van der Waals surface area contributed by atoms with Gasteiger partial charge in [0, 0.05) is 33.5 Å². The van der Waals surface area contributed by atoms with E-state index in [0.29, 0.717) is 12.3 Å². The van der Waals surface area contributed by atoms with Crippen molar-refractivity contribution in [3.05, 3.63) is 0 Å². The molecule has 3 heteroatoms. The molecule has 0 amide bonds. The van der Waals surface area contributed by atoms with Crippen LogP contribution in [0.2, 0.25) is 0 Å². The maximum absolute atomic E-state index is 10.8. The van der Waals surface area contributed by atoms with Crippen molar-refractivity contribution in [3.63, 3.8) is 0 Å². The fraction of sp³-hybridized carbons (Fsp3) is 0.889. The summed E-state index contributed by atoms with van der Waals surface area (Å²) in [5.74, 6) is 0.323. The van der Waals surface area contributed by atoms with Crippen LogP contribution in [0.25, 0.3) is 0 Å². The zero-order valence-electron chi connectivity index (χ0n) is 7.92. The van der Waals surface area contributed by atoms with E-state index in [1.54, 1.807) is 21.1 Å². The van der Waals surface area contributed by atoms with Gasteiger partial charge < -0.3 is 14.3 Å². The lowest BCUT2D eigenvalue weighted by molar-refractivity contribution is -0.269. The van der Waals surface area contributed by atoms with Gasteiger partial charge in [0.2, 0.25) is 0 Å². The van der Waals surface area contributed by atoms with Gasteiger partial charge in [-0.15, -0.1) is 0 Å². The Balaban J connectivity index is 2.30. The van der Waals surface area contributed by atoms with E-state index < -0.39 is 0 Å². The molecule has 1 saturated carbocycles. The third kappa shape index (κ3) is 1.84. The first-order valence-corrected chi connectivity index (χ1v) is 4.21. The molecule has 0 bridgehead atoms. The number of rotatable bonds is 4. The first kappa shape index (κ1) is 9.68. The Morgan fingerprint density at radius 1 is 1.42 bits per heavy atom. The van der Waals surface area contributed by atoms with E-state index in [4.69, 9.17) is 9.47 Å². The van der Waals surface area contributed by atoms with Gasteiger partial charge in [-0.3, -0.25) is 0 Å². The second-order valence-electron chi connectivity index (χ2n) is 3.50. The van der Waals surface area contributed by atoms with E-state index in [1.807, 2.05) is 0 Å². The lowest BCUT2D eigenvalue weighted by Crippen LogP contribution is -2.47. The first-order chi connectivity index (χ1) is 5.62. The van der Waals surface area contributed by atoms with Gasteiger partial charge in [-0.2, -0.15) is 0 Å². The molecular formula is C9H16O3. The van der Waals surface area contributed by atoms with Crippen LogP contribution in [-0.4, -0.2) is 25.8 Å². The Morgan fingerprint density at radius 3 is 2.25 bits per heavy atom. The molecule has 1 aliphatic rings. The highest BCUT2D eigenvalue weighted by Crippen LogP contribution is 2.42. The number of carbonyl (C=O) groups is 1. The van der Waals surface area contributed by atoms with Crippen LogP contribution in [0, 0.1) is 5.92 Å². The maximum atomic E-state index is 10.8. The highest BCUT2D eigenvalue weighted by molar-refractivity contribution is 5.75. The highest BCUT2D eigenvalue weighted by Gasteiger charge is 2.45. The molecule has 0 aromatic heterocycles. The van der Waals surface area contributed by atoms with Gasteiger partial charge in [-0.05, 0) is 12.8 Å². The maximum Gasteiger partial charge on any atom is 0.168 e. The van der Waals surface area contributed by atoms with Crippen LogP contribution in [0.1, 0.15) is 26.2 Å². The van der Waals surface area contributed by atoms with Gasteiger partial charge in [0.1, 0.15) is 5.78 Å². The van der Waals surface area contributed by atoms with Crippen molar-refractivity contribution >= 4 is 5.78 Å². The van der Waals surface area contributed by atoms with E-state index in [1.165, 1.54) is 0 Å². The first-order valence-electron chi connectivity index (χ1n) is 4.21. The summed E-state index contributed by atoms with van der Waals surface area (Å²) in [6, 6.07) is 0. The van der Waals surface area contributed by atoms with Gasteiger partial charge in [0.05, 0.1) is 0 Å². The van der Waals surface area contributed by atoms with Crippen LogP contribution in [0.5, 0.6) is 0 Å². The van der Waals surface area contributed by atoms with E-state index in [-0.39, 0.29) is 11.6 Å². The summed E-state index contributed by atoms with van der Waals surface area (Å²) in [7, 11) is 3.29. The minimum Gasteiger partial charge on any atom is -0.353 e. The topological polar surface area (TPSA) is 35.5 Å². The molecule has 0 aromatic carbocycles. The summed E-state index contributed by atoms with van der Waals surface area (Å²) in [5, 5.41) is 0. The van der Waals surface area contributed by atoms with Gasteiger partial charge in [0.15, 0.2) is 5.79 Å². The third-order valence-electron chi connectivity index (χ3n) is 2.52. The van der Waals surface area contributed by atoms with Crippen molar-refractivity contribution in [2.75, 3.05) is 14.2 Å². The Morgan fingerprint density at radius 2 is 1.92 bits per heavy atom. The predicted octanol–water partition coefficient (Wildman–Crippen LogP) is 1.36. The minimum atomic E-state index is -0.389. The van der Waals surface area contributed by atoms with Crippen molar-refractivity contribution in [1.82, 2.24) is 0 Å². The van der Waals surface area contributed by atoms with E-state index in [2.05, 4.69) is 0 Å². The number of Topliss-reactive ketones (excluding diaryl/α,β-unsaturated/α-hetero) is 1. The molecule has 1 rings (SSSR count). The van der Waals surface area contributed by atoms with Crippen molar-refractivity contribution in [3.8, 4) is 0 Å². The largest absolute Gasteiger partial charge is 0.353 e. The van der Waals surface area contributed by atoms with Crippen molar-refractivity contribution in [1.29, 1.82) is 0 Å². The lowest BCUT2D eigenvalue weighted by atomic mass is 9.76. The number of ketones is 1. The molecule has 12 heavy (non-hydrogen) atoms. The number of ether oxygens (including phenoxy) is 2. The Labute approximate surface area is 73.0 Å². The molecule has 1 aliphatic carbocycles. The Hall–Kier alpha value is -0.410. The molecule has 0 N–H and O–H groups in total. The lowest BCUT2D eigenvalue weighted by Gasteiger charge is -2.44. The van der Waals surface area contributed by atoms with Crippen LogP contribution < -0.4 is 0 Å². The highest BCUT2D eigenvalue weighted by atomic mass is 16.7. The van der Waals surface area contributed by atoms with E-state index in [9.17, 15) is 4.79 Å². The molecule has 70 valence electrons. The van der Waals surface area contributed by atoms with Gasteiger partial charge in [-0.25, -0.2) is 0 Å². The average Bonchev–Trinajstić information content (AvgIpc) is 1.95. The molecule has 0 saturated heterocycles. The zero-order chi connectivity index (χ0) is 9.19. The molecule has 0 heterocycles. The van der Waals surface area contributed by atoms with Crippen LogP contribution >= 0.6 is 0 Å². The molecule has 0 spiro atoms. The molecule has 1 fully saturated rings. The van der Waals surface area contributed by atoms with E-state index in [0.717, 1.165) is 12.8 Å². The summed E-state index contributed by atoms with van der Waals surface area (Å²) >= 11 is 0. The zero-order valence-corrected chi connectivity index (χ0v) is 7.92. The summed E-state index contributed by atoms with van der Waals surface area (Å²) in [4.78, 5) is 10.8. The smallest absolute Gasteiger partial charge is 0.168 e. The van der Waals surface area contributed by atoms with Crippen LogP contribution in [0.4, 0.5) is 0 Å². The van der Waals surface area contributed by atoms with Crippen LogP contribution in [-0.2, 0) is 14.3 Å². The predicted molar refractivity (Wildman–Crippen MR) is 44.8 cm³/mol. The van der Waals surface area contributed by atoms with Crippen molar-refractivity contribution in [2.45, 2.75) is 32.0 Å². The van der Waals surface area contributed by atoms with Gasteiger partial charge in [-0.1, -0.05) is 0 Å². The average molecular weight is 172 g/mol. The molecule has 0 unspecified atom stereocenters. The summed E-state index contributed by atoms with van der Waals surface area (Å²) in [6.45, 7) is 1.62. The number of carbonyl (C=O) groups excluding carboxylic acids is 1.